The Hall–Kier alpha value is -0.575. The fraction of sp³-hybridized carbons (Fsp3) is 0.643. The number of hydrogen-bond acceptors (Lipinski definition) is 3. The van der Waals surface area contributed by atoms with Gasteiger partial charge >= 0.3 is 7.12 Å². The molecule has 19 heavy (non-hydrogen) atoms. The predicted molar refractivity (Wildman–Crippen MR) is 76.9 cm³/mol. The maximum atomic E-state index is 6.12. The zero-order valence-corrected chi connectivity index (χ0v) is 12.6. The van der Waals surface area contributed by atoms with Gasteiger partial charge in [0.25, 0.3) is 0 Å². The van der Waals surface area contributed by atoms with Crippen LogP contribution < -0.4 is 5.46 Å². The van der Waals surface area contributed by atoms with Crippen LogP contribution in [0.1, 0.15) is 52.0 Å². The largest absolute Gasteiger partial charge is 0.495 e. The summed E-state index contributed by atoms with van der Waals surface area (Å²) < 4.78 is 12.2. The number of nitrogens with zero attached hydrogens (tertiary/aromatic N) is 1. The van der Waals surface area contributed by atoms with Gasteiger partial charge in [-0.15, -0.1) is 0 Å². The molecule has 0 amide bonds. The van der Waals surface area contributed by atoms with E-state index in [-0.39, 0.29) is 18.3 Å². The van der Waals surface area contributed by atoms with Gasteiger partial charge in [0, 0.05) is 6.20 Å². The molecule has 0 N–H and O–H groups in total. The monoisotopic (exact) mass is 279 g/mol. The Morgan fingerprint density at radius 1 is 1.21 bits per heavy atom. The summed E-state index contributed by atoms with van der Waals surface area (Å²) in [6.07, 6.45) is 4.31. The predicted octanol–water partition coefficient (Wildman–Crippen LogP) is 2.91. The number of pyridine rings is 1. The summed E-state index contributed by atoms with van der Waals surface area (Å²) in [5.41, 5.74) is 1.62. The summed E-state index contributed by atoms with van der Waals surface area (Å²) in [5, 5.41) is 0.495. The smallest absolute Gasteiger partial charge is 0.399 e. The molecule has 2 heterocycles. The fourth-order valence-corrected chi connectivity index (χ4v) is 2.53. The molecule has 0 aromatic carbocycles. The van der Waals surface area contributed by atoms with Gasteiger partial charge < -0.3 is 9.31 Å². The molecule has 0 radical (unpaired) electrons. The number of aromatic nitrogens is 1. The third-order valence-electron chi connectivity index (χ3n) is 4.46. The summed E-state index contributed by atoms with van der Waals surface area (Å²) in [6.45, 7) is 8.25. The zero-order valence-electron chi connectivity index (χ0n) is 11.9. The van der Waals surface area contributed by atoms with E-state index in [4.69, 9.17) is 20.9 Å². The highest BCUT2D eigenvalue weighted by molar-refractivity contribution is 6.63. The molecule has 1 saturated heterocycles. The van der Waals surface area contributed by atoms with Gasteiger partial charge in [0.05, 0.1) is 11.2 Å². The molecule has 1 aromatic heterocycles. The molecule has 3 nitrogen and oxygen atoms in total. The van der Waals surface area contributed by atoms with Crippen molar-refractivity contribution < 1.29 is 9.31 Å². The van der Waals surface area contributed by atoms with Crippen molar-refractivity contribution in [2.24, 2.45) is 0 Å². The molecule has 0 bridgehead atoms. The SMILES string of the molecule is CC1(C)OB(c2cc(Cl)ncc2C2CC2)OC1(C)C. The first-order chi connectivity index (χ1) is 8.80. The van der Waals surface area contributed by atoms with Crippen LogP contribution in [0.25, 0.3) is 0 Å². The van der Waals surface area contributed by atoms with E-state index in [1.165, 1.54) is 18.4 Å². The zero-order chi connectivity index (χ0) is 13.8. The second kappa shape index (κ2) is 4.21. The van der Waals surface area contributed by atoms with Crippen LogP contribution in [-0.2, 0) is 9.31 Å². The van der Waals surface area contributed by atoms with Gasteiger partial charge in [0.1, 0.15) is 5.15 Å². The van der Waals surface area contributed by atoms with E-state index in [0.717, 1.165) is 5.46 Å². The van der Waals surface area contributed by atoms with Crippen molar-refractivity contribution in [1.29, 1.82) is 0 Å². The molecule has 0 unspecified atom stereocenters. The van der Waals surface area contributed by atoms with E-state index in [0.29, 0.717) is 11.1 Å². The van der Waals surface area contributed by atoms with E-state index >= 15 is 0 Å². The maximum absolute atomic E-state index is 6.12. The standard InChI is InChI=1S/C14H19BClNO2/c1-13(2)14(3,4)19-15(18-13)11-7-12(16)17-8-10(11)9-5-6-9/h7-9H,5-6H2,1-4H3. The second-order valence-electron chi connectivity index (χ2n) is 6.50. The van der Waals surface area contributed by atoms with Crippen molar-refractivity contribution in [3.05, 3.63) is 23.0 Å². The average molecular weight is 280 g/mol. The first-order valence-electron chi connectivity index (χ1n) is 6.81. The van der Waals surface area contributed by atoms with Gasteiger partial charge in [-0.25, -0.2) is 4.98 Å². The number of halogens is 1. The number of rotatable bonds is 2. The third kappa shape index (κ3) is 2.30. The number of hydrogen-bond donors (Lipinski definition) is 0. The Labute approximate surface area is 119 Å². The van der Waals surface area contributed by atoms with Crippen LogP contribution in [-0.4, -0.2) is 23.3 Å². The van der Waals surface area contributed by atoms with Crippen molar-refractivity contribution in [2.75, 3.05) is 0 Å². The summed E-state index contributed by atoms with van der Waals surface area (Å²) in [4.78, 5) is 4.20. The van der Waals surface area contributed by atoms with Gasteiger partial charge in [-0.2, -0.15) is 0 Å². The molecule has 1 aromatic rings. The summed E-state index contributed by atoms with van der Waals surface area (Å²) >= 11 is 6.04. The first kappa shape index (κ1) is 13.4. The first-order valence-corrected chi connectivity index (χ1v) is 7.19. The van der Waals surface area contributed by atoms with E-state index in [1.54, 1.807) is 0 Å². The molecular formula is C14H19BClNO2. The van der Waals surface area contributed by atoms with E-state index < -0.39 is 0 Å². The molecule has 0 atom stereocenters. The average Bonchev–Trinajstić information content (AvgIpc) is 3.07. The van der Waals surface area contributed by atoms with E-state index in [1.807, 2.05) is 12.3 Å². The van der Waals surface area contributed by atoms with Crippen LogP contribution in [0.4, 0.5) is 0 Å². The summed E-state index contributed by atoms with van der Waals surface area (Å²) in [6, 6.07) is 1.89. The topological polar surface area (TPSA) is 31.4 Å². The Bertz CT molecular complexity index is 498. The molecule has 2 fully saturated rings. The van der Waals surface area contributed by atoms with Gasteiger partial charge in [-0.1, -0.05) is 11.6 Å². The van der Waals surface area contributed by atoms with Crippen LogP contribution in [0.3, 0.4) is 0 Å². The van der Waals surface area contributed by atoms with Gasteiger partial charge in [0.2, 0.25) is 0 Å². The molecule has 1 aliphatic carbocycles. The summed E-state index contributed by atoms with van der Waals surface area (Å²) in [7, 11) is -0.346. The van der Waals surface area contributed by atoms with Crippen molar-refractivity contribution >= 4 is 24.2 Å². The quantitative estimate of drug-likeness (QED) is 0.616. The lowest BCUT2D eigenvalue weighted by Crippen LogP contribution is -2.41. The van der Waals surface area contributed by atoms with E-state index in [9.17, 15) is 0 Å². The van der Waals surface area contributed by atoms with Gasteiger partial charge in [0.15, 0.2) is 0 Å². The van der Waals surface area contributed by atoms with Crippen molar-refractivity contribution in [2.45, 2.75) is 57.7 Å². The normalized spacial score (nSPS) is 24.8. The van der Waals surface area contributed by atoms with Gasteiger partial charge in [-0.05, 0) is 63.5 Å². The fourth-order valence-electron chi connectivity index (χ4n) is 2.36. The van der Waals surface area contributed by atoms with Crippen molar-refractivity contribution in [1.82, 2.24) is 4.98 Å². The van der Waals surface area contributed by atoms with Crippen LogP contribution in [0.5, 0.6) is 0 Å². The molecule has 2 aliphatic rings. The Morgan fingerprint density at radius 3 is 2.32 bits per heavy atom. The molecule has 0 spiro atoms. The molecule has 1 saturated carbocycles. The molecule has 3 rings (SSSR count). The highest BCUT2D eigenvalue weighted by Crippen LogP contribution is 2.41. The molecule has 1 aliphatic heterocycles. The maximum Gasteiger partial charge on any atom is 0.495 e. The minimum absolute atomic E-state index is 0.325. The lowest BCUT2D eigenvalue weighted by molar-refractivity contribution is 0.00578. The Morgan fingerprint density at radius 2 is 1.79 bits per heavy atom. The Kier molecular flexibility index (Phi) is 2.97. The third-order valence-corrected chi connectivity index (χ3v) is 4.67. The minimum atomic E-state index is -0.346. The van der Waals surface area contributed by atoms with Crippen molar-refractivity contribution in [3.63, 3.8) is 0 Å². The van der Waals surface area contributed by atoms with E-state index in [2.05, 4.69) is 32.7 Å². The van der Waals surface area contributed by atoms with Gasteiger partial charge in [-0.3, -0.25) is 0 Å². The van der Waals surface area contributed by atoms with Crippen LogP contribution in [0.2, 0.25) is 5.15 Å². The lowest BCUT2D eigenvalue weighted by atomic mass is 9.75. The van der Waals surface area contributed by atoms with Crippen LogP contribution >= 0.6 is 11.6 Å². The molecular weight excluding hydrogens is 260 g/mol. The Balaban J connectivity index is 1.97. The van der Waals surface area contributed by atoms with Crippen LogP contribution in [0, 0.1) is 0 Å². The van der Waals surface area contributed by atoms with Crippen LogP contribution in [0.15, 0.2) is 12.3 Å². The minimum Gasteiger partial charge on any atom is -0.399 e. The highest BCUT2D eigenvalue weighted by Gasteiger charge is 2.52. The summed E-state index contributed by atoms with van der Waals surface area (Å²) in [5.74, 6) is 0.596. The highest BCUT2D eigenvalue weighted by atomic mass is 35.5. The lowest BCUT2D eigenvalue weighted by Gasteiger charge is -2.32. The second-order valence-corrected chi connectivity index (χ2v) is 6.89. The molecule has 102 valence electrons. The van der Waals surface area contributed by atoms with Crippen molar-refractivity contribution in [3.8, 4) is 0 Å². The molecule has 5 heteroatoms.